The van der Waals surface area contributed by atoms with E-state index in [9.17, 15) is 51.4 Å². The zero-order valence-electron chi connectivity index (χ0n) is 40.0. The number of nitrogens with zero attached hydrogens (tertiary/aromatic N) is 6. The monoisotopic (exact) mass is 1050 g/mol. The van der Waals surface area contributed by atoms with Crippen molar-refractivity contribution in [3.8, 4) is 22.8 Å². The third-order valence-corrected chi connectivity index (χ3v) is 12.9. The summed E-state index contributed by atoms with van der Waals surface area (Å²) in [7, 11) is 1.27. The molecule has 4 aromatic carbocycles. The number of hydrogen-bond donors (Lipinski definition) is 3. The van der Waals surface area contributed by atoms with Gasteiger partial charge in [0.25, 0.3) is 11.8 Å². The lowest BCUT2D eigenvalue weighted by molar-refractivity contribution is -0.160. The number of benzene rings is 4. The van der Waals surface area contributed by atoms with Crippen LogP contribution < -0.4 is 10.6 Å². The molecule has 0 unspecified atom stereocenters. The van der Waals surface area contributed by atoms with E-state index in [1.807, 2.05) is 0 Å². The maximum absolute atomic E-state index is 14.4. The SMILES string of the molecule is C.COC(=O)[C@@H]1COCCN1C(=O)Cc1ccc(Cc2nc(-c3c(F)cccc3F)nc3c2C(=O)NC3)cc1.O=C1NCc2nc(-c3c(F)cccc3F)nc(Cc3ccc(CC(=O)N4CCOC[C@H]4C(=O)O)cc3)c21. The molecule has 10 rings (SSSR count). The van der Waals surface area contributed by atoms with Crippen LogP contribution in [-0.2, 0) is 72.2 Å². The lowest BCUT2D eigenvalue weighted by Gasteiger charge is -2.33. The number of carbonyl (C=O) groups is 6. The summed E-state index contributed by atoms with van der Waals surface area (Å²) in [4.78, 5) is 94.0. The fraction of sp³-hybridized carbons (Fsp3) is 0.296. The van der Waals surface area contributed by atoms with Crippen LogP contribution in [0.3, 0.4) is 0 Å². The van der Waals surface area contributed by atoms with Crippen LogP contribution in [0.2, 0.25) is 0 Å². The number of carbonyl (C=O) groups excluding carboxylic acids is 5. The minimum Gasteiger partial charge on any atom is -0.480 e. The minimum absolute atomic E-state index is 0. The molecule has 4 aliphatic heterocycles. The van der Waals surface area contributed by atoms with Crippen molar-refractivity contribution in [2.45, 2.75) is 58.3 Å². The van der Waals surface area contributed by atoms with E-state index in [2.05, 4.69) is 30.6 Å². The van der Waals surface area contributed by atoms with Crippen molar-refractivity contribution in [1.29, 1.82) is 0 Å². The summed E-state index contributed by atoms with van der Waals surface area (Å²) >= 11 is 0. The predicted molar refractivity (Wildman–Crippen MR) is 262 cm³/mol. The zero-order valence-corrected chi connectivity index (χ0v) is 40.0. The topological polar surface area (TPSA) is 232 Å². The Morgan fingerprint density at radius 2 is 0.974 bits per heavy atom. The van der Waals surface area contributed by atoms with Gasteiger partial charge in [-0.2, -0.15) is 0 Å². The molecule has 0 bridgehead atoms. The van der Waals surface area contributed by atoms with Crippen molar-refractivity contribution < 1.29 is 65.6 Å². The Morgan fingerprint density at radius 3 is 1.37 bits per heavy atom. The molecule has 0 radical (unpaired) electrons. The van der Waals surface area contributed by atoms with E-state index in [-0.39, 0.29) is 125 Å². The lowest BCUT2D eigenvalue weighted by atomic mass is 10.0. The quantitative estimate of drug-likeness (QED) is 0.109. The van der Waals surface area contributed by atoms with Crippen molar-refractivity contribution in [3.63, 3.8) is 0 Å². The average Bonchev–Trinajstić information content (AvgIpc) is 3.99. The summed E-state index contributed by atoms with van der Waals surface area (Å²) in [6.45, 7) is 1.44. The Morgan fingerprint density at radius 1 is 0.592 bits per heavy atom. The van der Waals surface area contributed by atoms with E-state index in [1.54, 1.807) is 48.5 Å². The highest BCUT2D eigenvalue weighted by Crippen LogP contribution is 2.30. The van der Waals surface area contributed by atoms with Gasteiger partial charge in [-0.1, -0.05) is 68.1 Å². The molecule has 2 fully saturated rings. The number of methoxy groups -OCH3 is 1. The van der Waals surface area contributed by atoms with Gasteiger partial charge in [0.1, 0.15) is 23.3 Å². The summed E-state index contributed by atoms with van der Waals surface area (Å²) in [5.74, 6) is -6.33. The number of ether oxygens (including phenoxy) is 3. The number of carboxylic acid groups (broad SMARTS) is 1. The van der Waals surface area contributed by atoms with Gasteiger partial charge in [-0.05, 0) is 46.5 Å². The Labute approximate surface area is 432 Å². The predicted octanol–water partition coefficient (Wildman–Crippen LogP) is 4.95. The number of aromatic nitrogens is 4. The molecule has 0 saturated carbocycles. The largest absolute Gasteiger partial charge is 0.480 e. The number of rotatable bonds is 12. The van der Waals surface area contributed by atoms with Crippen LogP contribution in [0.5, 0.6) is 0 Å². The first kappa shape index (κ1) is 53.8. The number of hydrogen-bond acceptors (Lipinski definition) is 13. The van der Waals surface area contributed by atoms with Crippen LogP contribution in [0.4, 0.5) is 17.6 Å². The van der Waals surface area contributed by atoms with Crippen LogP contribution in [0, 0.1) is 23.3 Å². The number of carboxylic acids is 1. The normalized spacial score (nSPS) is 16.5. The van der Waals surface area contributed by atoms with E-state index >= 15 is 0 Å². The number of amides is 4. The highest BCUT2D eigenvalue weighted by Gasteiger charge is 2.35. The highest BCUT2D eigenvalue weighted by atomic mass is 19.1. The molecular formula is C54H50F4N8O10. The Hall–Kier alpha value is -8.50. The van der Waals surface area contributed by atoms with E-state index in [0.717, 1.165) is 41.0 Å². The first-order valence-electron chi connectivity index (χ1n) is 23.6. The maximum Gasteiger partial charge on any atom is 0.331 e. The van der Waals surface area contributed by atoms with Crippen LogP contribution in [-0.4, -0.2) is 129 Å². The summed E-state index contributed by atoms with van der Waals surface area (Å²) in [5, 5.41) is 14.7. The van der Waals surface area contributed by atoms with Crippen molar-refractivity contribution in [1.82, 2.24) is 40.4 Å². The van der Waals surface area contributed by atoms with Gasteiger partial charge in [-0.15, -0.1) is 0 Å². The second-order valence-electron chi connectivity index (χ2n) is 17.7. The molecule has 2 atom stereocenters. The smallest absolute Gasteiger partial charge is 0.331 e. The first-order chi connectivity index (χ1) is 36.2. The van der Waals surface area contributed by atoms with Gasteiger partial charge in [0.15, 0.2) is 23.7 Å². The third-order valence-electron chi connectivity index (χ3n) is 12.9. The van der Waals surface area contributed by atoms with Crippen LogP contribution in [0.25, 0.3) is 22.8 Å². The van der Waals surface area contributed by atoms with Gasteiger partial charge < -0.3 is 39.8 Å². The number of aliphatic carboxylic acids is 1. The third kappa shape index (κ3) is 11.6. The number of morpholine rings is 2. The fourth-order valence-corrected chi connectivity index (χ4v) is 9.13. The molecule has 2 aromatic heterocycles. The first-order valence-corrected chi connectivity index (χ1v) is 23.6. The molecule has 0 spiro atoms. The minimum atomic E-state index is -1.11. The molecule has 6 aromatic rings. The molecule has 76 heavy (non-hydrogen) atoms. The van der Waals surface area contributed by atoms with Crippen LogP contribution in [0.1, 0.15) is 73.2 Å². The second-order valence-corrected chi connectivity index (χ2v) is 17.7. The summed E-state index contributed by atoms with van der Waals surface area (Å²) < 4.78 is 73.0. The second kappa shape index (κ2) is 23.4. The van der Waals surface area contributed by atoms with E-state index in [0.29, 0.717) is 47.1 Å². The fourth-order valence-electron chi connectivity index (χ4n) is 9.13. The van der Waals surface area contributed by atoms with Crippen molar-refractivity contribution in [2.75, 3.05) is 46.6 Å². The molecule has 2 saturated heterocycles. The molecule has 394 valence electrons. The van der Waals surface area contributed by atoms with Gasteiger partial charge in [0, 0.05) is 25.9 Å². The number of esters is 1. The number of nitrogens with one attached hydrogen (secondary N) is 2. The van der Waals surface area contributed by atoms with Crippen LogP contribution in [0.15, 0.2) is 84.9 Å². The van der Waals surface area contributed by atoms with Crippen molar-refractivity contribution in [2.24, 2.45) is 0 Å². The lowest BCUT2D eigenvalue weighted by Crippen LogP contribution is -2.53. The van der Waals surface area contributed by atoms with Gasteiger partial charge in [0.05, 0.1) is 104 Å². The Bertz CT molecular complexity index is 3200. The Kier molecular flexibility index (Phi) is 16.5. The van der Waals surface area contributed by atoms with Gasteiger partial charge in [-0.25, -0.2) is 47.1 Å². The van der Waals surface area contributed by atoms with E-state index < -0.39 is 47.3 Å². The summed E-state index contributed by atoms with van der Waals surface area (Å²) in [6, 6.07) is 19.4. The molecule has 4 amide bonds. The van der Waals surface area contributed by atoms with Crippen molar-refractivity contribution >= 4 is 35.6 Å². The summed E-state index contributed by atoms with van der Waals surface area (Å²) in [6.07, 6.45) is 0.505. The van der Waals surface area contributed by atoms with Crippen LogP contribution >= 0.6 is 0 Å². The van der Waals surface area contributed by atoms with Gasteiger partial charge in [0.2, 0.25) is 11.8 Å². The van der Waals surface area contributed by atoms with E-state index in [1.165, 1.54) is 29.0 Å². The zero-order chi connectivity index (χ0) is 52.9. The highest BCUT2D eigenvalue weighted by molar-refractivity contribution is 6.00. The molecule has 22 heteroatoms. The standard InChI is InChI=1S/C27H24F2N4O5.C26H22F2N4O5.CH4/c1-37-27(36)21-14-38-10-9-33(21)22(34)12-16-7-5-15(6-8-16)11-19-24-20(13-30-26(24)35)32-25(31-19)23-17(28)3-2-4-18(23)29;27-16-2-1-3-17(28)22(16)24-30-18(23-19(31-24)12-29-25(23)34)10-14-4-6-15(7-5-14)11-21(33)32-8-9-37-13-20(32)26(35)36;/h2-8,21H,9-14H2,1H3,(H,30,35);1-7,20H,8-13H2,(H,29,34)(H,35,36);1H4/t21-;20-;/m00./s1. The number of halogens is 4. The average molecular weight is 1050 g/mol. The molecule has 4 aliphatic rings. The summed E-state index contributed by atoms with van der Waals surface area (Å²) in [5.41, 5.74) is 4.25. The Balaban J connectivity index is 0.000000199. The van der Waals surface area contributed by atoms with Crippen molar-refractivity contribution in [3.05, 3.63) is 164 Å². The van der Waals surface area contributed by atoms with Gasteiger partial charge >= 0.3 is 11.9 Å². The molecule has 6 heterocycles. The molecule has 18 nitrogen and oxygen atoms in total. The molecular weight excluding hydrogens is 997 g/mol. The van der Waals surface area contributed by atoms with E-state index in [4.69, 9.17) is 14.2 Å². The molecule has 3 N–H and O–H groups in total. The molecule has 0 aliphatic carbocycles. The maximum atomic E-state index is 14.4. The van der Waals surface area contributed by atoms with Gasteiger partial charge in [-0.3, -0.25) is 19.2 Å². The number of fused-ring (bicyclic) bond motifs is 2.